The van der Waals surface area contributed by atoms with Gasteiger partial charge in [-0.3, -0.25) is 9.59 Å². The van der Waals surface area contributed by atoms with Crippen LogP contribution in [0.5, 0.6) is 0 Å². The van der Waals surface area contributed by atoms with E-state index in [0.717, 1.165) is 5.56 Å². The first-order chi connectivity index (χ1) is 7.85. The van der Waals surface area contributed by atoms with Gasteiger partial charge < -0.3 is 10.4 Å². The van der Waals surface area contributed by atoms with Gasteiger partial charge in [0.05, 0.1) is 6.04 Å². The Kier molecular flexibility index (Phi) is 3.89. The second-order valence-corrected chi connectivity index (χ2v) is 4.54. The highest BCUT2D eigenvalue weighted by Crippen LogP contribution is 2.18. The maximum Gasteiger partial charge on any atom is 0.318 e. The van der Waals surface area contributed by atoms with Gasteiger partial charge in [-0.1, -0.05) is 30.3 Å². The van der Waals surface area contributed by atoms with E-state index >= 15 is 0 Å². The number of rotatable bonds is 4. The van der Waals surface area contributed by atoms with Crippen molar-refractivity contribution in [1.29, 1.82) is 0 Å². The third kappa shape index (κ3) is 3.06. The number of carbonyl (C=O) groups is 2. The molecule has 1 atom stereocenters. The highest BCUT2D eigenvalue weighted by molar-refractivity contribution is 6.01. The number of nitrogens with one attached hydrogen (secondary N) is 1. The molecule has 0 aliphatic heterocycles. The fraction of sp³-hybridized carbons (Fsp3) is 0.385. The molecule has 0 heterocycles. The first kappa shape index (κ1) is 13.2. The minimum Gasteiger partial charge on any atom is -0.480 e. The van der Waals surface area contributed by atoms with E-state index in [9.17, 15) is 9.59 Å². The van der Waals surface area contributed by atoms with E-state index in [-0.39, 0.29) is 6.04 Å². The minimum atomic E-state index is -1.41. The number of carboxylic acids is 1. The molecule has 1 amide bonds. The summed E-state index contributed by atoms with van der Waals surface area (Å²) in [6.07, 6.45) is 0. The van der Waals surface area contributed by atoms with Crippen LogP contribution >= 0.6 is 0 Å². The number of aliphatic carboxylic acids is 1. The summed E-state index contributed by atoms with van der Waals surface area (Å²) in [6.45, 7) is 4.61. The molecule has 0 aliphatic carbocycles. The van der Waals surface area contributed by atoms with Crippen molar-refractivity contribution in [2.24, 2.45) is 5.41 Å². The molecule has 0 saturated heterocycles. The minimum absolute atomic E-state index is 0.206. The molecule has 0 saturated carbocycles. The van der Waals surface area contributed by atoms with E-state index in [1.54, 1.807) is 0 Å². The first-order valence-corrected chi connectivity index (χ1v) is 5.45. The van der Waals surface area contributed by atoms with Crippen molar-refractivity contribution in [3.8, 4) is 0 Å². The second-order valence-electron chi connectivity index (χ2n) is 4.54. The topological polar surface area (TPSA) is 66.4 Å². The molecule has 4 heteroatoms. The number of benzene rings is 1. The van der Waals surface area contributed by atoms with Gasteiger partial charge in [-0.15, -0.1) is 0 Å². The molecule has 1 rings (SSSR count). The van der Waals surface area contributed by atoms with Gasteiger partial charge in [-0.2, -0.15) is 0 Å². The van der Waals surface area contributed by atoms with Crippen LogP contribution < -0.4 is 5.32 Å². The summed E-state index contributed by atoms with van der Waals surface area (Å²) >= 11 is 0. The maximum absolute atomic E-state index is 11.8. The Labute approximate surface area is 101 Å². The summed E-state index contributed by atoms with van der Waals surface area (Å²) in [5.41, 5.74) is -0.467. The third-order valence-corrected chi connectivity index (χ3v) is 2.75. The lowest BCUT2D eigenvalue weighted by molar-refractivity contribution is -0.153. The normalized spacial score (nSPS) is 12.9. The Hall–Kier alpha value is -1.84. The monoisotopic (exact) mass is 235 g/mol. The molecule has 0 bridgehead atoms. The Morgan fingerprint density at radius 1 is 1.24 bits per heavy atom. The summed E-state index contributed by atoms with van der Waals surface area (Å²) in [5, 5.41) is 11.6. The molecule has 0 fully saturated rings. The van der Waals surface area contributed by atoms with Crippen molar-refractivity contribution in [2.45, 2.75) is 26.8 Å². The van der Waals surface area contributed by atoms with Crippen LogP contribution in [0, 0.1) is 5.41 Å². The molecule has 2 N–H and O–H groups in total. The summed E-state index contributed by atoms with van der Waals surface area (Å²) in [5.74, 6) is -1.61. The summed E-state index contributed by atoms with van der Waals surface area (Å²) in [7, 11) is 0. The van der Waals surface area contributed by atoms with Crippen molar-refractivity contribution in [3.05, 3.63) is 35.9 Å². The van der Waals surface area contributed by atoms with E-state index in [4.69, 9.17) is 5.11 Å². The zero-order chi connectivity index (χ0) is 13.1. The lowest BCUT2D eigenvalue weighted by Crippen LogP contribution is -2.43. The van der Waals surface area contributed by atoms with Crippen LogP contribution in [0.4, 0.5) is 0 Å². The van der Waals surface area contributed by atoms with E-state index in [2.05, 4.69) is 5.32 Å². The number of amides is 1. The van der Waals surface area contributed by atoms with Crippen LogP contribution in [-0.4, -0.2) is 17.0 Å². The molecule has 1 unspecified atom stereocenters. The maximum atomic E-state index is 11.8. The molecule has 1 aromatic rings. The van der Waals surface area contributed by atoms with Gasteiger partial charge in [0.15, 0.2) is 0 Å². The number of carboxylic acid groups (broad SMARTS) is 1. The Morgan fingerprint density at radius 2 is 1.76 bits per heavy atom. The molecule has 0 aromatic heterocycles. The predicted octanol–water partition coefficient (Wildman–Crippen LogP) is 1.97. The lowest BCUT2D eigenvalue weighted by Gasteiger charge is -2.22. The van der Waals surface area contributed by atoms with Gasteiger partial charge >= 0.3 is 5.97 Å². The molecular formula is C13H17NO3. The Balaban J connectivity index is 2.74. The third-order valence-electron chi connectivity index (χ3n) is 2.75. The number of carbonyl (C=O) groups excluding carboxylic acids is 1. The molecule has 92 valence electrons. The Morgan fingerprint density at radius 3 is 2.24 bits per heavy atom. The van der Waals surface area contributed by atoms with Gasteiger partial charge in [-0.05, 0) is 26.3 Å². The lowest BCUT2D eigenvalue weighted by atomic mass is 9.92. The van der Waals surface area contributed by atoms with Crippen molar-refractivity contribution in [1.82, 2.24) is 5.32 Å². The van der Waals surface area contributed by atoms with Gasteiger partial charge in [0.1, 0.15) is 5.41 Å². The van der Waals surface area contributed by atoms with Gasteiger partial charge in [0.25, 0.3) is 0 Å². The highest BCUT2D eigenvalue weighted by Gasteiger charge is 2.36. The molecule has 17 heavy (non-hydrogen) atoms. The van der Waals surface area contributed by atoms with E-state index in [1.807, 2.05) is 37.3 Å². The fourth-order valence-corrected chi connectivity index (χ4v) is 1.30. The van der Waals surface area contributed by atoms with E-state index in [1.165, 1.54) is 13.8 Å². The molecule has 0 spiro atoms. The zero-order valence-corrected chi connectivity index (χ0v) is 10.2. The first-order valence-electron chi connectivity index (χ1n) is 5.45. The smallest absolute Gasteiger partial charge is 0.318 e. The van der Waals surface area contributed by atoms with Crippen molar-refractivity contribution in [2.75, 3.05) is 0 Å². The SMILES string of the molecule is CC(NC(=O)C(C)(C)C(=O)O)c1ccccc1. The van der Waals surface area contributed by atoms with Crippen LogP contribution in [0.2, 0.25) is 0 Å². The molecule has 1 aromatic carbocycles. The van der Waals surface area contributed by atoms with Crippen molar-refractivity contribution in [3.63, 3.8) is 0 Å². The van der Waals surface area contributed by atoms with Crippen molar-refractivity contribution >= 4 is 11.9 Å². The van der Waals surface area contributed by atoms with Crippen LogP contribution in [0.3, 0.4) is 0 Å². The zero-order valence-electron chi connectivity index (χ0n) is 10.2. The average molecular weight is 235 g/mol. The van der Waals surface area contributed by atoms with E-state index < -0.39 is 17.3 Å². The number of hydrogen-bond acceptors (Lipinski definition) is 2. The van der Waals surface area contributed by atoms with Gasteiger partial charge in [0.2, 0.25) is 5.91 Å². The molecular weight excluding hydrogens is 218 g/mol. The molecule has 0 aliphatic rings. The molecule has 4 nitrogen and oxygen atoms in total. The largest absolute Gasteiger partial charge is 0.480 e. The quantitative estimate of drug-likeness (QED) is 0.784. The predicted molar refractivity (Wildman–Crippen MR) is 64.4 cm³/mol. The Bertz CT molecular complexity index is 412. The number of hydrogen-bond donors (Lipinski definition) is 2. The highest BCUT2D eigenvalue weighted by atomic mass is 16.4. The standard InChI is InChI=1S/C13H17NO3/c1-9(10-7-5-4-6-8-10)14-11(15)13(2,3)12(16)17/h4-9H,1-3H3,(H,14,15)(H,16,17). The van der Waals surface area contributed by atoms with Crippen LogP contribution in [0.25, 0.3) is 0 Å². The van der Waals surface area contributed by atoms with E-state index in [0.29, 0.717) is 0 Å². The van der Waals surface area contributed by atoms with Gasteiger partial charge in [0, 0.05) is 0 Å². The summed E-state index contributed by atoms with van der Waals surface area (Å²) in [4.78, 5) is 22.7. The summed E-state index contributed by atoms with van der Waals surface area (Å²) in [6, 6.07) is 9.21. The second kappa shape index (κ2) is 4.99. The van der Waals surface area contributed by atoms with Gasteiger partial charge in [-0.25, -0.2) is 0 Å². The average Bonchev–Trinajstić information content (AvgIpc) is 2.29. The fourth-order valence-electron chi connectivity index (χ4n) is 1.30. The van der Waals surface area contributed by atoms with Crippen LogP contribution in [-0.2, 0) is 9.59 Å². The summed E-state index contributed by atoms with van der Waals surface area (Å²) < 4.78 is 0. The van der Waals surface area contributed by atoms with Crippen molar-refractivity contribution < 1.29 is 14.7 Å². The van der Waals surface area contributed by atoms with Crippen LogP contribution in [0.15, 0.2) is 30.3 Å². The van der Waals surface area contributed by atoms with Crippen LogP contribution in [0.1, 0.15) is 32.4 Å². The molecule has 0 radical (unpaired) electrons.